The fraction of sp³-hybridized carbons (Fsp3) is 0.400. The molecule has 0 fully saturated rings. The maximum Gasteiger partial charge on any atom is 0.251 e. The van der Waals surface area contributed by atoms with Gasteiger partial charge in [-0.05, 0) is 36.6 Å². The molecule has 0 radical (unpaired) electrons. The van der Waals surface area contributed by atoms with Crippen LogP contribution in [-0.2, 0) is 4.79 Å². The Balaban J connectivity index is 2.75. The zero-order valence-corrected chi connectivity index (χ0v) is 12.0. The highest BCUT2D eigenvalue weighted by molar-refractivity contribution is 5.97. The third kappa shape index (κ3) is 5.61. The van der Waals surface area contributed by atoms with Gasteiger partial charge in [-0.2, -0.15) is 5.26 Å². The van der Waals surface area contributed by atoms with E-state index in [1.807, 2.05) is 19.9 Å². The molecule has 6 heteroatoms. The fourth-order valence-electron chi connectivity index (χ4n) is 1.80. The molecule has 0 heterocycles. The maximum absolute atomic E-state index is 12.8. The molecular formula is C15H18FN3O2. The second-order valence-corrected chi connectivity index (χ2v) is 5.04. The summed E-state index contributed by atoms with van der Waals surface area (Å²) in [5, 5.41) is 13.5. The van der Waals surface area contributed by atoms with Crippen LogP contribution in [0.25, 0.3) is 0 Å². The number of nitriles is 1. The van der Waals surface area contributed by atoms with Gasteiger partial charge in [0.05, 0.1) is 6.07 Å². The summed E-state index contributed by atoms with van der Waals surface area (Å²) in [6, 6.07) is 6.15. The Kier molecular flexibility index (Phi) is 6.34. The third-order valence-corrected chi connectivity index (χ3v) is 2.78. The Morgan fingerprint density at radius 1 is 1.29 bits per heavy atom. The van der Waals surface area contributed by atoms with E-state index in [0.29, 0.717) is 6.42 Å². The Morgan fingerprint density at radius 3 is 2.43 bits per heavy atom. The van der Waals surface area contributed by atoms with Crippen LogP contribution in [0, 0.1) is 23.1 Å². The van der Waals surface area contributed by atoms with E-state index < -0.39 is 23.7 Å². The first kappa shape index (κ1) is 16.6. The molecule has 1 rings (SSSR count). The van der Waals surface area contributed by atoms with Crippen LogP contribution in [-0.4, -0.2) is 24.4 Å². The summed E-state index contributed by atoms with van der Waals surface area (Å²) in [4.78, 5) is 24.0. The molecule has 0 saturated heterocycles. The largest absolute Gasteiger partial charge is 0.341 e. The number of carbonyl (C=O) groups excluding carboxylic acids is 2. The number of halogens is 1. The molecule has 0 saturated carbocycles. The van der Waals surface area contributed by atoms with Crippen LogP contribution in [0.3, 0.4) is 0 Å². The smallest absolute Gasteiger partial charge is 0.251 e. The summed E-state index contributed by atoms with van der Waals surface area (Å²) >= 11 is 0. The van der Waals surface area contributed by atoms with Crippen LogP contribution < -0.4 is 10.6 Å². The Morgan fingerprint density at radius 2 is 1.90 bits per heavy atom. The van der Waals surface area contributed by atoms with Gasteiger partial charge in [0.1, 0.15) is 18.4 Å². The van der Waals surface area contributed by atoms with Crippen molar-refractivity contribution in [3.05, 3.63) is 35.6 Å². The molecular weight excluding hydrogens is 273 g/mol. The Bertz CT molecular complexity index is 535. The van der Waals surface area contributed by atoms with Gasteiger partial charge in [-0.25, -0.2) is 4.39 Å². The molecule has 1 aromatic carbocycles. The van der Waals surface area contributed by atoms with Gasteiger partial charge in [-0.15, -0.1) is 0 Å². The predicted molar refractivity (Wildman–Crippen MR) is 75.7 cm³/mol. The van der Waals surface area contributed by atoms with E-state index >= 15 is 0 Å². The molecule has 21 heavy (non-hydrogen) atoms. The second kappa shape index (κ2) is 8.00. The minimum atomic E-state index is -0.726. The monoisotopic (exact) mass is 291 g/mol. The Hall–Kier alpha value is -2.42. The van der Waals surface area contributed by atoms with Crippen molar-refractivity contribution >= 4 is 11.8 Å². The number of benzene rings is 1. The van der Waals surface area contributed by atoms with Gasteiger partial charge in [0.25, 0.3) is 5.91 Å². The highest BCUT2D eigenvalue weighted by Crippen LogP contribution is 2.08. The van der Waals surface area contributed by atoms with Gasteiger partial charge in [0.15, 0.2) is 0 Å². The van der Waals surface area contributed by atoms with Gasteiger partial charge < -0.3 is 10.6 Å². The number of hydrogen-bond donors (Lipinski definition) is 2. The summed E-state index contributed by atoms with van der Waals surface area (Å²) in [6.45, 7) is 3.74. The van der Waals surface area contributed by atoms with Gasteiger partial charge in [0, 0.05) is 5.56 Å². The number of carbonyl (C=O) groups is 2. The molecule has 1 aromatic rings. The van der Waals surface area contributed by atoms with Crippen LogP contribution >= 0.6 is 0 Å². The minimum Gasteiger partial charge on any atom is -0.341 e. The first-order chi connectivity index (χ1) is 9.93. The van der Waals surface area contributed by atoms with Gasteiger partial charge in [-0.1, -0.05) is 13.8 Å². The molecule has 0 aliphatic carbocycles. The fourth-order valence-corrected chi connectivity index (χ4v) is 1.80. The van der Waals surface area contributed by atoms with Crippen molar-refractivity contribution in [2.45, 2.75) is 26.3 Å². The van der Waals surface area contributed by atoms with Crippen LogP contribution in [0.1, 0.15) is 30.6 Å². The van der Waals surface area contributed by atoms with Gasteiger partial charge in [0.2, 0.25) is 5.91 Å². The van der Waals surface area contributed by atoms with Crippen molar-refractivity contribution in [3.8, 4) is 6.07 Å². The van der Waals surface area contributed by atoms with Crippen molar-refractivity contribution < 1.29 is 14.0 Å². The lowest BCUT2D eigenvalue weighted by atomic mass is 10.0. The third-order valence-electron chi connectivity index (χ3n) is 2.78. The molecule has 112 valence electrons. The first-order valence-electron chi connectivity index (χ1n) is 6.65. The van der Waals surface area contributed by atoms with E-state index in [-0.39, 0.29) is 18.0 Å². The minimum absolute atomic E-state index is 0.111. The van der Waals surface area contributed by atoms with Crippen molar-refractivity contribution in [2.24, 2.45) is 5.92 Å². The average Bonchev–Trinajstić information content (AvgIpc) is 2.44. The number of nitrogens with zero attached hydrogens (tertiary/aromatic N) is 1. The predicted octanol–water partition coefficient (Wildman–Crippen LogP) is 1.61. The van der Waals surface area contributed by atoms with Crippen molar-refractivity contribution in [2.75, 3.05) is 6.54 Å². The standard InChI is InChI=1S/C15H18FN3O2/c1-10(2)9-13(15(21)18-8-7-17)19-14(20)11-3-5-12(16)6-4-11/h3-6,10,13H,8-9H2,1-2H3,(H,18,21)(H,19,20). The molecule has 0 bridgehead atoms. The van der Waals surface area contributed by atoms with Gasteiger partial charge in [-0.3, -0.25) is 9.59 Å². The van der Waals surface area contributed by atoms with E-state index in [0.717, 1.165) is 0 Å². The zero-order chi connectivity index (χ0) is 15.8. The molecule has 2 amide bonds. The van der Waals surface area contributed by atoms with Crippen LogP contribution in [0.4, 0.5) is 4.39 Å². The summed E-state index contributed by atoms with van der Waals surface area (Å²) in [6.07, 6.45) is 0.449. The average molecular weight is 291 g/mol. The normalized spacial score (nSPS) is 11.6. The van der Waals surface area contributed by atoms with E-state index in [1.165, 1.54) is 24.3 Å². The number of hydrogen-bond acceptors (Lipinski definition) is 3. The van der Waals surface area contributed by atoms with E-state index in [1.54, 1.807) is 0 Å². The molecule has 0 aliphatic heterocycles. The van der Waals surface area contributed by atoms with Crippen LogP contribution in [0.2, 0.25) is 0 Å². The number of nitrogens with one attached hydrogen (secondary N) is 2. The van der Waals surface area contributed by atoms with Crippen LogP contribution in [0.15, 0.2) is 24.3 Å². The molecule has 1 unspecified atom stereocenters. The highest BCUT2D eigenvalue weighted by Gasteiger charge is 2.22. The zero-order valence-electron chi connectivity index (χ0n) is 12.0. The first-order valence-corrected chi connectivity index (χ1v) is 6.65. The van der Waals surface area contributed by atoms with E-state index in [2.05, 4.69) is 10.6 Å². The van der Waals surface area contributed by atoms with Gasteiger partial charge >= 0.3 is 0 Å². The van der Waals surface area contributed by atoms with Crippen molar-refractivity contribution in [3.63, 3.8) is 0 Å². The van der Waals surface area contributed by atoms with Crippen molar-refractivity contribution in [1.82, 2.24) is 10.6 Å². The quantitative estimate of drug-likeness (QED) is 0.781. The summed E-state index contributed by atoms with van der Waals surface area (Å²) in [5.41, 5.74) is 0.276. The maximum atomic E-state index is 12.8. The summed E-state index contributed by atoms with van der Waals surface area (Å²) in [7, 11) is 0. The highest BCUT2D eigenvalue weighted by atomic mass is 19.1. The van der Waals surface area contributed by atoms with E-state index in [4.69, 9.17) is 5.26 Å². The molecule has 1 atom stereocenters. The molecule has 0 aliphatic rings. The van der Waals surface area contributed by atoms with Crippen molar-refractivity contribution in [1.29, 1.82) is 5.26 Å². The second-order valence-electron chi connectivity index (χ2n) is 5.04. The number of amides is 2. The molecule has 0 aromatic heterocycles. The number of rotatable bonds is 6. The molecule has 0 spiro atoms. The summed E-state index contributed by atoms with van der Waals surface area (Å²) in [5.74, 6) is -1.10. The Labute approximate surface area is 123 Å². The SMILES string of the molecule is CC(C)CC(NC(=O)c1ccc(F)cc1)C(=O)NCC#N. The lowest BCUT2D eigenvalue weighted by molar-refractivity contribution is -0.123. The lowest BCUT2D eigenvalue weighted by Crippen LogP contribution is -2.47. The molecule has 2 N–H and O–H groups in total. The summed E-state index contributed by atoms with van der Waals surface area (Å²) < 4.78 is 12.8. The lowest BCUT2D eigenvalue weighted by Gasteiger charge is -2.19. The van der Waals surface area contributed by atoms with Crippen LogP contribution in [0.5, 0.6) is 0 Å². The topological polar surface area (TPSA) is 82.0 Å². The van der Waals surface area contributed by atoms with E-state index in [9.17, 15) is 14.0 Å². The molecule has 5 nitrogen and oxygen atoms in total.